The smallest absolute Gasteiger partial charge is 0.243 e. The number of amides is 1. The van der Waals surface area contributed by atoms with Gasteiger partial charge in [0, 0.05) is 18.8 Å². The number of nitrogens with one attached hydrogen (secondary N) is 1. The van der Waals surface area contributed by atoms with E-state index in [2.05, 4.69) is 17.1 Å². The van der Waals surface area contributed by atoms with Crippen LogP contribution in [0.2, 0.25) is 0 Å². The van der Waals surface area contributed by atoms with E-state index >= 15 is 0 Å². The van der Waals surface area contributed by atoms with Crippen LogP contribution in [0.25, 0.3) is 0 Å². The standard InChI is InChI=1S/C21H33N3O3S/c1-2-13-23-14-8-5-12-20(23)21(25)22-18-10-9-11-19(17-18)28(26,27)24-15-6-3-4-7-16-24/h9-11,17,20H,2-8,12-16H2,1H3,(H,22,25). The fourth-order valence-electron chi connectivity index (χ4n) is 4.23. The lowest BCUT2D eigenvalue weighted by Gasteiger charge is -2.34. The van der Waals surface area contributed by atoms with Gasteiger partial charge in [0.1, 0.15) is 0 Å². The second-order valence-electron chi connectivity index (χ2n) is 7.88. The third-order valence-electron chi connectivity index (χ3n) is 5.73. The molecule has 6 nitrogen and oxygen atoms in total. The van der Waals surface area contributed by atoms with Crippen molar-refractivity contribution in [2.24, 2.45) is 0 Å². The minimum absolute atomic E-state index is 0.0301. The number of hydrogen-bond acceptors (Lipinski definition) is 4. The zero-order valence-electron chi connectivity index (χ0n) is 16.9. The highest BCUT2D eigenvalue weighted by molar-refractivity contribution is 7.89. The lowest BCUT2D eigenvalue weighted by Crippen LogP contribution is -2.47. The zero-order valence-corrected chi connectivity index (χ0v) is 17.7. The number of nitrogens with zero attached hydrogens (tertiary/aromatic N) is 2. The van der Waals surface area contributed by atoms with Gasteiger partial charge in [-0.05, 0) is 63.4 Å². The van der Waals surface area contributed by atoms with Gasteiger partial charge in [-0.3, -0.25) is 9.69 Å². The SMILES string of the molecule is CCCN1CCCCC1C(=O)Nc1cccc(S(=O)(=O)N2CCCCCC2)c1. The van der Waals surface area contributed by atoms with E-state index in [1.54, 1.807) is 28.6 Å². The summed E-state index contributed by atoms with van der Waals surface area (Å²) in [6.07, 6.45) is 8.05. The van der Waals surface area contributed by atoms with Gasteiger partial charge >= 0.3 is 0 Å². The molecule has 28 heavy (non-hydrogen) atoms. The summed E-state index contributed by atoms with van der Waals surface area (Å²) >= 11 is 0. The van der Waals surface area contributed by atoms with E-state index in [1.165, 1.54) is 0 Å². The molecule has 156 valence electrons. The number of piperidine rings is 1. The molecule has 1 aromatic rings. The van der Waals surface area contributed by atoms with Gasteiger partial charge < -0.3 is 5.32 Å². The zero-order chi connectivity index (χ0) is 20.0. The first kappa shape index (κ1) is 21.3. The summed E-state index contributed by atoms with van der Waals surface area (Å²) in [5.74, 6) is -0.0301. The summed E-state index contributed by atoms with van der Waals surface area (Å²) in [4.78, 5) is 15.4. The molecule has 2 aliphatic heterocycles. The normalized spacial score (nSPS) is 22.5. The van der Waals surface area contributed by atoms with Crippen LogP contribution in [0.3, 0.4) is 0 Å². The van der Waals surface area contributed by atoms with E-state index in [1.807, 2.05) is 0 Å². The average molecular weight is 408 g/mol. The Labute approximate surface area is 169 Å². The van der Waals surface area contributed by atoms with Crippen LogP contribution in [0.1, 0.15) is 58.3 Å². The van der Waals surface area contributed by atoms with Crippen molar-refractivity contribution in [1.82, 2.24) is 9.21 Å². The Bertz CT molecular complexity index is 756. The molecule has 2 fully saturated rings. The van der Waals surface area contributed by atoms with Crippen LogP contribution in [-0.4, -0.2) is 55.8 Å². The molecule has 1 amide bonds. The van der Waals surface area contributed by atoms with Crippen molar-refractivity contribution in [3.05, 3.63) is 24.3 Å². The predicted octanol–water partition coefficient (Wildman–Crippen LogP) is 3.45. The summed E-state index contributed by atoms with van der Waals surface area (Å²) in [6, 6.07) is 6.59. The lowest BCUT2D eigenvalue weighted by atomic mass is 10.0. The number of carbonyl (C=O) groups is 1. The molecular formula is C21H33N3O3S. The third-order valence-corrected chi connectivity index (χ3v) is 7.63. The quantitative estimate of drug-likeness (QED) is 0.784. The highest BCUT2D eigenvalue weighted by atomic mass is 32.2. The summed E-state index contributed by atoms with van der Waals surface area (Å²) in [5.41, 5.74) is 0.558. The van der Waals surface area contributed by atoms with Crippen molar-refractivity contribution in [2.75, 3.05) is 31.5 Å². The maximum atomic E-state index is 13.0. The first-order valence-electron chi connectivity index (χ1n) is 10.7. The highest BCUT2D eigenvalue weighted by Crippen LogP contribution is 2.24. The van der Waals surface area contributed by atoms with E-state index in [-0.39, 0.29) is 16.8 Å². The summed E-state index contributed by atoms with van der Waals surface area (Å²) < 4.78 is 27.6. The number of sulfonamides is 1. The summed E-state index contributed by atoms with van der Waals surface area (Å²) in [6.45, 7) is 5.15. The summed E-state index contributed by atoms with van der Waals surface area (Å²) in [7, 11) is -3.52. The Morgan fingerprint density at radius 1 is 1.07 bits per heavy atom. The number of benzene rings is 1. The van der Waals surface area contributed by atoms with Crippen LogP contribution in [-0.2, 0) is 14.8 Å². The molecule has 2 heterocycles. The molecule has 0 saturated carbocycles. The Balaban J connectivity index is 1.72. The second-order valence-corrected chi connectivity index (χ2v) is 9.82. The largest absolute Gasteiger partial charge is 0.325 e. The van der Waals surface area contributed by atoms with Gasteiger partial charge in [0.05, 0.1) is 10.9 Å². The lowest BCUT2D eigenvalue weighted by molar-refractivity contribution is -0.122. The number of likely N-dealkylation sites (tertiary alicyclic amines) is 1. The monoisotopic (exact) mass is 407 g/mol. The highest BCUT2D eigenvalue weighted by Gasteiger charge is 2.29. The van der Waals surface area contributed by atoms with E-state index in [0.29, 0.717) is 18.8 Å². The first-order chi connectivity index (χ1) is 13.5. The van der Waals surface area contributed by atoms with Gasteiger partial charge in [0.2, 0.25) is 15.9 Å². The molecule has 3 rings (SSSR count). The molecule has 0 radical (unpaired) electrons. The maximum absolute atomic E-state index is 13.0. The van der Waals surface area contributed by atoms with Crippen LogP contribution in [0.5, 0.6) is 0 Å². The van der Waals surface area contributed by atoms with E-state index in [0.717, 1.165) is 64.5 Å². The van der Waals surface area contributed by atoms with Crippen LogP contribution in [0.4, 0.5) is 5.69 Å². The Morgan fingerprint density at radius 2 is 1.79 bits per heavy atom. The third kappa shape index (κ3) is 5.13. The van der Waals surface area contributed by atoms with Crippen LogP contribution in [0.15, 0.2) is 29.2 Å². The van der Waals surface area contributed by atoms with Gasteiger partial charge in [0.25, 0.3) is 0 Å². The molecule has 0 spiro atoms. The Hall–Kier alpha value is -1.44. The summed E-state index contributed by atoms with van der Waals surface area (Å²) in [5, 5.41) is 2.96. The molecule has 1 atom stereocenters. The topological polar surface area (TPSA) is 69.7 Å². The molecule has 0 aliphatic carbocycles. The van der Waals surface area contributed by atoms with Gasteiger partial charge in [-0.25, -0.2) is 8.42 Å². The van der Waals surface area contributed by atoms with Gasteiger partial charge in [0.15, 0.2) is 0 Å². The van der Waals surface area contributed by atoms with Gasteiger partial charge in [-0.1, -0.05) is 32.3 Å². The van der Waals surface area contributed by atoms with Crippen molar-refractivity contribution in [2.45, 2.75) is 69.2 Å². The molecule has 2 aliphatic rings. The fourth-order valence-corrected chi connectivity index (χ4v) is 5.80. The molecule has 0 bridgehead atoms. The van der Waals surface area contributed by atoms with E-state index in [9.17, 15) is 13.2 Å². The molecular weight excluding hydrogens is 374 g/mol. The fraction of sp³-hybridized carbons (Fsp3) is 0.667. The molecule has 1 N–H and O–H groups in total. The minimum atomic E-state index is -3.52. The maximum Gasteiger partial charge on any atom is 0.243 e. The number of carbonyl (C=O) groups excluding carboxylic acids is 1. The first-order valence-corrected chi connectivity index (χ1v) is 12.1. The van der Waals surface area contributed by atoms with Crippen molar-refractivity contribution in [1.29, 1.82) is 0 Å². The van der Waals surface area contributed by atoms with Gasteiger partial charge in [-0.15, -0.1) is 0 Å². The number of rotatable bonds is 6. The van der Waals surface area contributed by atoms with Crippen molar-refractivity contribution < 1.29 is 13.2 Å². The van der Waals surface area contributed by atoms with Crippen LogP contribution < -0.4 is 5.32 Å². The number of anilines is 1. The Kier molecular flexibility index (Phi) is 7.48. The molecule has 7 heteroatoms. The molecule has 1 unspecified atom stereocenters. The molecule has 1 aromatic carbocycles. The Morgan fingerprint density at radius 3 is 2.50 bits per heavy atom. The second kappa shape index (κ2) is 9.85. The molecule has 0 aromatic heterocycles. The minimum Gasteiger partial charge on any atom is -0.325 e. The predicted molar refractivity (Wildman–Crippen MR) is 112 cm³/mol. The van der Waals surface area contributed by atoms with Gasteiger partial charge in [-0.2, -0.15) is 4.31 Å². The van der Waals surface area contributed by atoms with Crippen LogP contribution in [0, 0.1) is 0 Å². The number of hydrogen-bond donors (Lipinski definition) is 1. The van der Waals surface area contributed by atoms with Crippen LogP contribution >= 0.6 is 0 Å². The van der Waals surface area contributed by atoms with E-state index in [4.69, 9.17) is 0 Å². The van der Waals surface area contributed by atoms with Crippen molar-refractivity contribution in [3.63, 3.8) is 0 Å². The van der Waals surface area contributed by atoms with Crippen molar-refractivity contribution in [3.8, 4) is 0 Å². The average Bonchev–Trinajstić information content (AvgIpc) is 2.99. The molecule has 2 saturated heterocycles. The van der Waals surface area contributed by atoms with E-state index < -0.39 is 10.0 Å². The van der Waals surface area contributed by atoms with Crippen molar-refractivity contribution >= 4 is 21.6 Å².